The van der Waals surface area contributed by atoms with Gasteiger partial charge in [-0.3, -0.25) is 19.3 Å². The fourth-order valence-corrected chi connectivity index (χ4v) is 4.86. The van der Waals surface area contributed by atoms with Crippen molar-refractivity contribution in [2.24, 2.45) is 28.8 Å². The lowest BCUT2D eigenvalue weighted by molar-refractivity contribution is -0.140. The highest BCUT2D eigenvalue weighted by molar-refractivity contribution is 7.89. The molecule has 8 nitrogen and oxygen atoms in total. The van der Waals surface area contributed by atoms with Crippen molar-refractivity contribution in [3.63, 3.8) is 0 Å². The molecule has 0 unspecified atom stereocenters. The minimum atomic E-state index is -3.79. The highest BCUT2D eigenvalue weighted by Gasteiger charge is 2.58. The molecule has 1 saturated heterocycles. The van der Waals surface area contributed by atoms with Gasteiger partial charge in [-0.15, -0.1) is 0 Å². The largest absolute Gasteiger partial charge is 0.326 e. The summed E-state index contributed by atoms with van der Waals surface area (Å²) in [6.07, 6.45) is 4.91. The van der Waals surface area contributed by atoms with Gasteiger partial charge in [-0.05, 0) is 42.5 Å². The number of sulfonamides is 1. The van der Waals surface area contributed by atoms with E-state index in [1.54, 1.807) is 0 Å². The topological polar surface area (TPSA) is 127 Å². The number of anilines is 1. The van der Waals surface area contributed by atoms with Crippen LogP contribution in [0.1, 0.15) is 12.8 Å². The Kier molecular flexibility index (Phi) is 4.15. The lowest BCUT2D eigenvalue weighted by atomic mass is 9.85. The monoisotopic (exact) mass is 389 g/mol. The molecule has 4 atom stereocenters. The first-order valence-corrected chi connectivity index (χ1v) is 10.3. The molecule has 3 N–H and O–H groups in total. The molecule has 9 heteroatoms. The average Bonchev–Trinajstić information content (AvgIpc) is 3.28. The Balaban J connectivity index is 1.35. The molecule has 1 aromatic carbocycles. The van der Waals surface area contributed by atoms with Crippen LogP contribution in [-0.2, 0) is 24.4 Å². The van der Waals surface area contributed by atoms with Crippen LogP contribution < -0.4 is 10.5 Å². The second-order valence-electron chi connectivity index (χ2n) is 7.20. The molecular formula is C18H19N3O5S. The van der Waals surface area contributed by atoms with Crippen molar-refractivity contribution in [3.8, 4) is 0 Å². The zero-order valence-electron chi connectivity index (χ0n) is 14.4. The van der Waals surface area contributed by atoms with Crippen molar-refractivity contribution in [3.05, 3.63) is 36.4 Å². The minimum Gasteiger partial charge on any atom is -0.326 e. The average molecular weight is 389 g/mol. The molecule has 1 aromatic rings. The van der Waals surface area contributed by atoms with Gasteiger partial charge in [0.05, 0.1) is 16.7 Å². The maximum absolute atomic E-state index is 12.6. The van der Waals surface area contributed by atoms with Crippen molar-refractivity contribution >= 4 is 33.4 Å². The van der Waals surface area contributed by atoms with Gasteiger partial charge in [-0.1, -0.05) is 12.2 Å². The summed E-state index contributed by atoms with van der Waals surface area (Å²) >= 11 is 0. The fourth-order valence-electron chi connectivity index (χ4n) is 4.35. The van der Waals surface area contributed by atoms with Crippen LogP contribution in [0.25, 0.3) is 0 Å². The van der Waals surface area contributed by atoms with Gasteiger partial charge in [-0.2, -0.15) is 0 Å². The van der Waals surface area contributed by atoms with Crippen LogP contribution in [-0.4, -0.2) is 37.6 Å². The summed E-state index contributed by atoms with van der Waals surface area (Å²) in [7, 11) is -3.79. The Morgan fingerprint density at radius 1 is 1.07 bits per heavy atom. The molecule has 4 rings (SSSR count). The fraction of sp³-hybridized carbons (Fsp3) is 0.389. The molecule has 0 spiro atoms. The maximum atomic E-state index is 12.6. The first kappa shape index (κ1) is 17.9. The summed E-state index contributed by atoms with van der Waals surface area (Å²) in [6.45, 7) is 0.0468. The molecule has 2 fully saturated rings. The Morgan fingerprint density at radius 2 is 1.63 bits per heavy atom. The van der Waals surface area contributed by atoms with Crippen LogP contribution in [0, 0.1) is 23.7 Å². The van der Waals surface area contributed by atoms with E-state index in [0.29, 0.717) is 5.69 Å². The van der Waals surface area contributed by atoms with Crippen molar-refractivity contribution < 1.29 is 22.8 Å². The summed E-state index contributed by atoms with van der Waals surface area (Å²) in [6, 6.07) is 5.44. The SMILES string of the molecule is NS(=O)(=O)c1ccc(NC(=O)CCN2C(=O)[C@@H]3[C@@H](C2=O)[C@H]2C=C[C@@H]3C2)cc1. The number of hydrogen-bond acceptors (Lipinski definition) is 5. The number of fused-ring (bicyclic) bond motifs is 5. The van der Waals surface area contributed by atoms with E-state index in [1.165, 1.54) is 29.2 Å². The second kappa shape index (κ2) is 6.28. The predicted molar refractivity (Wildman–Crippen MR) is 95.5 cm³/mol. The number of likely N-dealkylation sites (tertiary alicyclic amines) is 1. The number of nitrogens with two attached hydrogens (primary N) is 1. The number of imide groups is 1. The molecule has 0 radical (unpaired) electrons. The van der Waals surface area contributed by atoms with Crippen LogP contribution in [0.5, 0.6) is 0 Å². The second-order valence-corrected chi connectivity index (χ2v) is 8.76. The standard InChI is InChI=1S/C18H19N3O5S/c19-27(25,26)13-5-3-12(4-6-13)20-14(22)7-8-21-17(23)15-10-1-2-11(9-10)16(15)18(21)24/h1-6,10-11,15-16H,7-9H2,(H,20,22)(H2,19,25,26)/t10-,11+,15-,16-/m0/s1. The summed E-state index contributed by atoms with van der Waals surface area (Å²) in [5.74, 6) is -0.945. The van der Waals surface area contributed by atoms with Crippen LogP contribution >= 0.6 is 0 Å². The third kappa shape index (κ3) is 3.06. The third-order valence-electron chi connectivity index (χ3n) is 5.59. The maximum Gasteiger partial charge on any atom is 0.238 e. The Morgan fingerprint density at radius 3 is 2.15 bits per heavy atom. The van der Waals surface area contributed by atoms with Crippen molar-refractivity contribution in [2.75, 3.05) is 11.9 Å². The lowest BCUT2D eigenvalue weighted by Crippen LogP contribution is -2.35. The van der Waals surface area contributed by atoms with E-state index >= 15 is 0 Å². The summed E-state index contributed by atoms with van der Waals surface area (Å²) in [5, 5.41) is 7.64. The number of primary sulfonamides is 1. The third-order valence-corrected chi connectivity index (χ3v) is 6.52. The van der Waals surface area contributed by atoms with Gasteiger partial charge in [0.1, 0.15) is 0 Å². The molecule has 1 heterocycles. The van der Waals surface area contributed by atoms with E-state index in [0.717, 1.165) is 6.42 Å². The summed E-state index contributed by atoms with van der Waals surface area (Å²) in [5.41, 5.74) is 0.408. The zero-order chi connectivity index (χ0) is 19.3. The van der Waals surface area contributed by atoms with Gasteiger partial charge in [0, 0.05) is 18.7 Å². The van der Waals surface area contributed by atoms with Crippen molar-refractivity contribution in [2.45, 2.75) is 17.7 Å². The number of hydrogen-bond donors (Lipinski definition) is 2. The number of rotatable bonds is 5. The van der Waals surface area contributed by atoms with Crippen LogP contribution in [0.15, 0.2) is 41.3 Å². The van der Waals surface area contributed by atoms with E-state index in [1.807, 2.05) is 12.2 Å². The number of amides is 3. The molecule has 3 amide bonds. The molecule has 2 aliphatic carbocycles. The highest BCUT2D eigenvalue weighted by Crippen LogP contribution is 2.52. The molecule has 2 bridgehead atoms. The number of benzene rings is 1. The normalized spacial score (nSPS) is 28.7. The molecule has 27 heavy (non-hydrogen) atoms. The van der Waals surface area contributed by atoms with Gasteiger partial charge in [0.15, 0.2) is 0 Å². The molecule has 142 valence electrons. The van der Waals surface area contributed by atoms with E-state index < -0.39 is 10.0 Å². The van der Waals surface area contributed by atoms with E-state index in [-0.39, 0.29) is 59.3 Å². The summed E-state index contributed by atoms with van der Waals surface area (Å²) in [4.78, 5) is 38.4. The number of nitrogens with one attached hydrogen (secondary N) is 1. The van der Waals surface area contributed by atoms with Crippen LogP contribution in [0.4, 0.5) is 5.69 Å². The van der Waals surface area contributed by atoms with Gasteiger partial charge in [-0.25, -0.2) is 13.6 Å². The first-order chi connectivity index (χ1) is 12.8. The van der Waals surface area contributed by atoms with Crippen molar-refractivity contribution in [1.29, 1.82) is 0 Å². The van der Waals surface area contributed by atoms with Crippen LogP contribution in [0.2, 0.25) is 0 Å². The molecular weight excluding hydrogens is 370 g/mol. The van der Waals surface area contributed by atoms with Gasteiger partial charge < -0.3 is 5.32 Å². The number of carbonyl (C=O) groups is 3. The summed E-state index contributed by atoms with van der Waals surface area (Å²) < 4.78 is 22.5. The Hall–Kier alpha value is -2.52. The molecule has 1 saturated carbocycles. The Bertz CT molecular complexity index is 924. The smallest absolute Gasteiger partial charge is 0.238 e. The van der Waals surface area contributed by atoms with Gasteiger partial charge >= 0.3 is 0 Å². The number of allylic oxidation sites excluding steroid dienone is 2. The minimum absolute atomic E-state index is 0.0172. The van der Waals surface area contributed by atoms with Gasteiger partial charge in [0.25, 0.3) is 0 Å². The zero-order valence-corrected chi connectivity index (χ0v) is 15.2. The number of nitrogens with zero attached hydrogens (tertiary/aromatic N) is 1. The highest BCUT2D eigenvalue weighted by atomic mass is 32.2. The first-order valence-electron chi connectivity index (χ1n) is 8.72. The molecule has 1 aliphatic heterocycles. The van der Waals surface area contributed by atoms with E-state index in [9.17, 15) is 22.8 Å². The predicted octanol–water partition coefficient (Wildman–Crippen LogP) is 0.470. The Labute approximate surface area is 156 Å². The quantitative estimate of drug-likeness (QED) is 0.559. The molecule has 0 aromatic heterocycles. The van der Waals surface area contributed by atoms with Crippen LogP contribution in [0.3, 0.4) is 0 Å². The lowest BCUT2D eigenvalue weighted by Gasteiger charge is -2.17. The number of carbonyl (C=O) groups excluding carboxylic acids is 3. The van der Waals surface area contributed by atoms with Crippen molar-refractivity contribution in [1.82, 2.24) is 4.90 Å². The van der Waals surface area contributed by atoms with Gasteiger partial charge in [0.2, 0.25) is 27.7 Å². The van der Waals surface area contributed by atoms with E-state index in [4.69, 9.17) is 5.14 Å². The van der Waals surface area contributed by atoms with E-state index in [2.05, 4.69) is 5.32 Å². The molecule has 3 aliphatic rings.